The molecule has 0 heterocycles. The van der Waals surface area contributed by atoms with E-state index in [1.165, 1.54) is 49.6 Å². The highest BCUT2D eigenvalue weighted by Gasteiger charge is 2.22. The molecule has 0 aliphatic heterocycles. The lowest BCUT2D eigenvalue weighted by Crippen LogP contribution is -2.03. The number of nitro groups is 1. The molecule has 0 saturated carbocycles. The number of ketones is 1. The van der Waals surface area contributed by atoms with Crippen molar-refractivity contribution >= 4 is 11.5 Å². The van der Waals surface area contributed by atoms with Crippen molar-refractivity contribution in [3.63, 3.8) is 0 Å². The number of aromatic hydroxyl groups is 1. The lowest BCUT2D eigenvalue weighted by atomic mass is 9.95. The molecule has 0 aliphatic carbocycles. The van der Waals surface area contributed by atoms with Crippen LogP contribution in [-0.2, 0) is 0 Å². The zero-order valence-corrected chi connectivity index (χ0v) is 14.2. The van der Waals surface area contributed by atoms with Crippen LogP contribution in [0, 0.1) is 15.9 Å². The second-order valence-corrected chi connectivity index (χ2v) is 5.68. The summed E-state index contributed by atoms with van der Waals surface area (Å²) in [6, 6.07) is 13.4. The van der Waals surface area contributed by atoms with E-state index in [1.54, 1.807) is 6.07 Å². The Hall–Kier alpha value is -3.74. The summed E-state index contributed by atoms with van der Waals surface area (Å²) < 4.78 is 18.3. The van der Waals surface area contributed by atoms with Gasteiger partial charge in [-0.1, -0.05) is 12.1 Å². The van der Waals surface area contributed by atoms with Crippen LogP contribution in [-0.4, -0.2) is 22.9 Å². The second kappa shape index (κ2) is 7.25. The molecule has 1 N–H and O–H groups in total. The van der Waals surface area contributed by atoms with Gasteiger partial charge in [-0.2, -0.15) is 0 Å². The lowest BCUT2D eigenvalue weighted by molar-refractivity contribution is -0.384. The molecule has 3 aromatic carbocycles. The number of methoxy groups -OCH3 is 1. The number of hydrogen-bond acceptors (Lipinski definition) is 5. The van der Waals surface area contributed by atoms with E-state index in [-0.39, 0.29) is 33.9 Å². The van der Waals surface area contributed by atoms with Crippen LogP contribution < -0.4 is 4.74 Å². The zero-order chi connectivity index (χ0) is 19.6. The summed E-state index contributed by atoms with van der Waals surface area (Å²) in [5, 5.41) is 21.8. The average molecular weight is 367 g/mol. The maximum atomic E-state index is 13.1. The molecule has 6 nitrogen and oxygen atoms in total. The van der Waals surface area contributed by atoms with Gasteiger partial charge >= 0.3 is 0 Å². The Bertz CT molecular complexity index is 1030. The molecule has 0 fully saturated rings. The number of halogens is 1. The van der Waals surface area contributed by atoms with Crippen LogP contribution in [0.15, 0.2) is 60.7 Å². The van der Waals surface area contributed by atoms with E-state index in [9.17, 15) is 24.4 Å². The highest BCUT2D eigenvalue weighted by Crippen LogP contribution is 2.41. The van der Waals surface area contributed by atoms with Gasteiger partial charge in [-0.05, 0) is 42.0 Å². The molecule has 0 saturated heterocycles. The van der Waals surface area contributed by atoms with Gasteiger partial charge in [-0.25, -0.2) is 4.39 Å². The first-order valence-electron chi connectivity index (χ1n) is 7.87. The van der Waals surface area contributed by atoms with Crippen molar-refractivity contribution < 1.29 is 24.0 Å². The third-order valence-corrected chi connectivity index (χ3v) is 4.06. The van der Waals surface area contributed by atoms with Crippen LogP contribution >= 0.6 is 0 Å². The predicted molar refractivity (Wildman–Crippen MR) is 96.6 cm³/mol. The molecule has 0 spiro atoms. The molecular weight excluding hydrogens is 353 g/mol. The summed E-state index contributed by atoms with van der Waals surface area (Å²) in [7, 11) is 1.39. The normalized spacial score (nSPS) is 10.4. The van der Waals surface area contributed by atoms with Gasteiger partial charge in [-0.3, -0.25) is 14.9 Å². The Morgan fingerprint density at radius 2 is 1.81 bits per heavy atom. The molecule has 3 rings (SSSR count). The minimum absolute atomic E-state index is 0.0242. The van der Waals surface area contributed by atoms with Crippen molar-refractivity contribution in [3.8, 4) is 22.6 Å². The smallest absolute Gasteiger partial charge is 0.270 e. The first-order valence-corrected chi connectivity index (χ1v) is 7.87. The van der Waals surface area contributed by atoms with Gasteiger partial charge in [0.25, 0.3) is 5.69 Å². The highest BCUT2D eigenvalue weighted by molar-refractivity contribution is 6.12. The van der Waals surface area contributed by atoms with Gasteiger partial charge in [0.1, 0.15) is 17.3 Å². The number of rotatable bonds is 5. The van der Waals surface area contributed by atoms with Gasteiger partial charge in [0.15, 0.2) is 5.78 Å². The van der Waals surface area contributed by atoms with Crippen molar-refractivity contribution in [2.45, 2.75) is 0 Å². The molecule has 0 radical (unpaired) electrons. The number of non-ortho nitro benzene ring substituents is 1. The third-order valence-electron chi connectivity index (χ3n) is 4.06. The van der Waals surface area contributed by atoms with Gasteiger partial charge in [0, 0.05) is 17.7 Å². The first-order chi connectivity index (χ1) is 12.9. The Morgan fingerprint density at radius 1 is 1.11 bits per heavy atom. The Balaban J connectivity index is 2.16. The van der Waals surface area contributed by atoms with Gasteiger partial charge in [0.2, 0.25) is 0 Å². The quantitative estimate of drug-likeness (QED) is 0.411. The van der Waals surface area contributed by atoms with E-state index in [1.807, 2.05) is 0 Å². The van der Waals surface area contributed by atoms with Crippen molar-refractivity contribution in [2.24, 2.45) is 0 Å². The molecule has 0 unspecified atom stereocenters. The zero-order valence-electron chi connectivity index (χ0n) is 14.2. The molecule has 0 amide bonds. The maximum absolute atomic E-state index is 13.1. The maximum Gasteiger partial charge on any atom is 0.270 e. The van der Waals surface area contributed by atoms with Gasteiger partial charge < -0.3 is 9.84 Å². The van der Waals surface area contributed by atoms with Crippen molar-refractivity contribution in [1.29, 1.82) is 0 Å². The average Bonchev–Trinajstić information content (AvgIpc) is 2.67. The third kappa shape index (κ3) is 3.48. The Labute approximate surface area is 153 Å². The van der Waals surface area contributed by atoms with Crippen LogP contribution in [0.5, 0.6) is 11.5 Å². The molecule has 3 aromatic rings. The fourth-order valence-electron chi connectivity index (χ4n) is 2.74. The molecule has 0 bridgehead atoms. The molecule has 0 aromatic heterocycles. The molecule has 136 valence electrons. The summed E-state index contributed by atoms with van der Waals surface area (Å²) in [6.07, 6.45) is 0. The summed E-state index contributed by atoms with van der Waals surface area (Å²) in [6.45, 7) is 0. The van der Waals surface area contributed by atoms with Gasteiger partial charge in [0.05, 0.1) is 23.2 Å². The van der Waals surface area contributed by atoms with Crippen LogP contribution in [0.2, 0.25) is 0 Å². The van der Waals surface area contributed by atoms with Crippen molar-refractivity contribution in [3.05, 3.63) is 87.7 Å². The summed E-state index contributed by atoms with van der Waals surface area (Å²) in [4.78, 5) is 23.2. The van der Waals surface area contributed by atoms with Crippen LogP contribution in [0.3, 0.4) is 0 Å². The summed E-state index contributed by atoms with van der Waals surface area (Å²) in [5.41, 5.74) is 0.497. The number of benzene rings is 3. The first kappa shape index (κ1) is 18.1. The number of nitrogens with zero attached hydrogens (tertiary/aromatic N) is 1. The number of carbonyl (C=O) groups is 1. The van der Waals surface area contributed by atoms with E-state index in [2.05, 4.69) is 0 Å². The molecule has 0 atom stereocenters. The lowest BCUT2D eigenvalue weighted by Gasteiger charge is -2.14. The number of nitro benzene ring substituents is 1. The van der Waals surface area contributed by atoms with Crippen molar-refractivity contribution in [2.75, 3.05) is 7.11 Å². The minimum atomic E-state index is -0.555. The van der Waals surface area contributed by atoms with Crippen molar-refractivity contribution in [1.82, 2.24) is 0 Å². The molecule has 0 aliphatic rings. The van der Waals surface area contributed by atoms with Crippen LogP contribution in [0.25, 0.3) is 11.1 Å². The molecule has 7 heteroatoms. The number of carbonyl (C=O) groups excluding carboxylic acids is 1. The Kier molecular flexibility index (Phi) is 4.85. The SMILES string of the molecule is COc1ccc(C(=O)c2ccc(F)cc2)c(O)c1-c1cccc([N+](=O)[O-])c1. The highest BCUT2D eigenvalue weighted by atomic mass is 19.1. The molecule has 27 heavy (non-hydrogen) atoms. The number of phenols is 1. The van der Waals surface area contributed by atoms with Gasteiger partial charge in [-0.15, -0.1) is 0 Å². The summed E-state index contributed by atoms with van der Waals surface area (Å²) >= 11 is 0. The Morgan fingerprint density at radius 3 is 2.44 bits per heavy atom. The van der Waals surface area contributed by atoms with Crippen LogP contribution in [0.1, 0.15) is 15.9 Å². The van der Waals surface area contributed by atoms with E-state index >= 15 is 0 Å². The fraction of sp³-hybridized carbons (Fsp3) is 0.0500. The second-order valence-electron chi connectivity index (χ2n) is 5.68. The fourth-order valence-corrected chi connectivity index (χ4v) is 2.74. The van der Waals surface area contributed by atoms with E-state index in [0.29, 0.717) is 5.56 Å². The summed E-state index contributed by atoms with van der Waals surface area (Å²) in [5.74, 6) is -1.11. The molecular formula is C20H14FNO5. The largest absolute Gasteiger partial charge is 0.506 e. The number of ether oxygens (including phenoxy) is 1. The standard InChI is InChI=1S/C20H14FNO5/c1-27-17-10-9-16(19(23)12-5-7-14(21)8-6-12)20(24)18(17)13-3-2-4-15(11-13)22(25)26/h2-11,24H,1H3. The van der Waals surface area contributed by atoms with E-state index in [0.717, 1.165) is 12.1 Å². The number of phenolic OH excluding ortho intramolecular Hbond substituents is 1. The predicted octanol–water partition coefficient (Wildman–Crippen LogP) is 4.35. The monoisotopic (exact) mass is 367 g/mol. The van der Waals surface area contributed by atoms with E-state index < -0.39 is 16.5 Å². The van der Waals surface area contributed by atoms with E-state index in [4.69, 9.17) is 4.74 Å². The number of hydrogen-bond donors (Lipinski definition) is 1. The minimum Gasteiger partial charge on any atom is -0.506 e. The van der Waals surface area contributed by atoms with Crippen LogP contribution in [0.4, 0.5) is 10.1 Å². The topological polar surface area (TPSA) is 89.7 Å².